The van der Waals surface area contributed by atoms with Crippen LogP contribution in [-0.2, 0) is 14.3 Å². The number of para-hydroxylation sites is 1. The number of carbonyl (C=O) groups is 3. The van der Waals surface area contributed by atoms with Crippen LogP contribution in [0.2, 0.25) is 5.02 Å². The Hall–Kier alpha value is -4.57. The Labute approximate surface area is 245 Å². The summed E-state index contributed by atoms with van der Waals surface area (Å²) in [6.45, 7) is 3.42. The van der Waals surface area contributed by atoms with Gasteiger partial charge in [-0.3, -0.25) is 14.4 Å². The number of nitrogens with one attached hydrogen (secondary N) is 2. The first kappa shape index (κ1) is 27.6. The lowest BCUT2D eigenvalue weighted by Gasteiger charge is -2.42. The van der Waals surface area contributed by atoms with Crippen LogP contribution in [0.3, 0.4) is 0 Å². The van der Waals surface area contributed by atoms with Crippen molar-refractivity contribution in [1.29, 1.82) is 0 Å². The minimum Gasteiger partial charge on any atom is -0.496 e. The van der Waals surface area contributed by atoms with E-state index in [2.05, 4.69) is 10.3 Å². The fourth-order valence-electron chi connectivity index (χ4n) is 6.34. The van der Waals surface area contributed by atoms with E-state index >= 15 is 0 Å². The van der Waals surface area contributed by atoms with Crippen LogP contribution in [0.15, 0.2) is 63.7 Å². The Kier molecular flexibility index (Phi) is 6.42. The number of pyridine rings is 1. The number of hydrogen-bond acceptors (Lipinski definition) is 9. The first-order chi connectivity index (χ1) is 20.1. The average molecular weight is 591 g/mol. The van der Waals surface area contributed by atoms with Crippen LogP contribution in [0.1, 0.15) is 42.1 Å². The Morgan fingerprint density at radius 1 is 1.05 bits per heavy atom. The predicted octanol–water partition coefficient (Wildman–Crippen LogP) is 4.21. The molecule has 2 N–H and O–H groups in total. The molecule has 3 aliphatic rings. The third kappa shape index (κ3) is 3.64. The zero-order valence-electron chi connectivity index (χ0n) is 23.5. The van der Waals surface area contributed by atoms with E-state index < -0.39 is 40.5 Å². The lowest BCUT2D eigenvalue weighted by atomic mass is 9.65. The molecule has 0 saturated heterocycles. The molecule has 0 fully saturated rings. The highest BCUT2D eigenvalue weighted by molar-refractivity contribution is 6.36. The van der Waals surface area contributed by atoms with Crippen LogP contribution >= 0.6 is 11.6 Å². The van der Waals surface area contributed by atoms with Crippen LogP contribution in [0, 0.1) is 5.92 Å². The second kappa shape index (κ2) is 9.77. The molecule has 10 nitrogen and oxygen atoms in total. The first-order valence-electron chi connectivity index (χ1n) is 13.2. The van der Waals surface area contributed by atoms with Crippen molar-refractivity contribution >= 4 is 40.0 Å². The van der Waals surface area contributed by atoms with Crippen LogP contribution in [0.25, 0.3) is 10.9 Å². The van der Waals surface area contributed by atoms with Crippen molar-refractivity contribution in [2.24, 2.45) is 5.92 Å². The number of Topliss-reactive ketones (excluding diaryl/α,β-unsaturated/α-hetero) is 2. The number of allylic oxidation sites excluding steroid dienone is 2. The van der Waals surface area contributed by atoms with Gasteiger partial charge in [-0.05, 0) is 30.9 Å². The summed E-state index contributed by atoms with van der Waals surface area (Å²) in [6, 6.07) is 10.3. The molecule has 6 rings (SSSR count). The highest BCUT2D eigenvalue weighted by Gasteiger charge is 2.64. The van der Waals surface area contributed by atoms with Crippen LogP contribution in [-0.4, -0.2) is 49.5 Å². The summed E-state index contributed by atoms with van der Waals surface area (Å²) in [6.07, 6.45) is 0.200. The highest BCUT2D eigenvalue weighted by atomic mass is 35.5. The van der Waals surface area contributed by atoms with Crippen molar-refractivity contribution in [3.05, 3.63) is 85.4 Å². The molecule has 3 atom stereocenters. The van der Waals surface area contributed by atoms with E-state index in [1.165, 1.54) is 27.4 Å². The van der Waals surface area contributed by atoms with E-state index in [1.807, 2.05) is 12.1 Å². The number of carbonyl (C=O) groups excluding carboxylic acids is 3. The van der Waals surface area contributed by atoms with Crippen LogP contribution in [0.5, 0.6) is 17.2 Å². The molecule has 1 aromatic heterocycles. The Balaban J connectivity index is 1.59. The summed E-state index contributed by atoms with van der Waals surface area (Å²) < 4.78 is 22.2. The summed E-state index contributed by atoms with van der Waals surface area (Å²) in [7, 11) is 4.02. The van der Waals surface area contributed by atoms with E-state index in [9.17, 15) is 19.2 Å². The number of dihydropyridines is 1. The molecule has 3 heterocycles. The summed E-state index contributed by atoms with van der Waals surface area (Å²) in [5.74, 6) is -3.51. The van der Waals surface area contributed by atoms with Gasteiger partial charge in [-0.2, -0.15) is 0 Å². The molecule has 1 aliphatic carbocycles. The zero-order valence-corrected chi connectivity index (χ0v) is 24.2. The number of benzene rings is 2. The number of hydrogen-bond donors (Lipinski definition) is 2. The maximum atomic E-state index is 14.8. The molecular formula is C31H27ClN2O8. The third-order valence-corrected chi connectivity index (χ3v) is 8.71. The van der Waals surface area contributed by atoms with Crippen molar-refractivity contribution in [3.8, 4) is 17.2 Å². The van der Waals surface area contributed by atoms with Crippen LogP contribution in [0.4, 0.5) is 0 Å². The number of methoxy groups -OCH3 is 3. The van der Waals surface area contributed by atoms with E-state index in [0.29, 0.717) is 22.3 Å². The summed E-state index contributed by atoms with van der Waals surface area (Å²) in [4.78, 5) is 58.7. The van der Waals surface area contributed by atoms with Crippen molar-refractivity contribution in [2.75, 3.05) is 21.3 Å². The van der Waals surface area contributed by atoms with E-state index in [-0.39, 0.29) is 51.0 Å². The molecule has 1 unspecified atom stereocenters. The van der Waals surface area contributed by atoms with Gasteiger partial charge in [0.2, 0.25) is 17.2 Å². The highest BCUT2D eigenvalue weighted by Crippen LogP contribution is 2.55. The third-order valence-electron chi connectivity index (χ3n) is 8.35. The normalized spacial score (nSPS) is 23.0. The van der Waals surface area contributed by atoms with Gasteiger partial charge in [0.1, 0.15) is 22.1 Å². The fraction of sp³-hybridized carbons (Fsp3) is 0.290. The molecule has 0 amide bonds. The second-order valence-electron chi connectivity index (χ2n) is 10.5. The molecule has 0 bridgehead atoms. The number of ketones is 2. The Morgan fingerprint density at radius 3 is 2.45 bits per heavy atom. The van der Waals surface area contributed by atoms with Gasteiger partial charge in [-0.1, -0.05) is 36.7 Å². The smallest absolute Gasteiger partial charge is 0.336 e. The van der Waals surface area contributed by atoms with Gasteiger partial charge < -0.3 is 29.2 Å². The SMILES string of the molecule is COC(=O)C1=C(C)NC2=C(C(=O)[C@@]3(Oc4c(Cl)c(OC)cc(OC)c4C3=O)[C@H](C)C2)C1c1cc2ccccc2[nH]c1=O. The molecule has 0 saturated carbocycles. The van der Waals surface area contributed by atoms with Crippen LogP contribution < -0.4 is 25.1 Å². The molecule has 216 valence electrons. The van der Waals surface area contributed by atoms with E-state index in [0.717, 1.165) is 0 Å². The number of aromatic nitrogens is 1. The van der Waals surface area contributed by atoms with Gasteiger partial charge >= 0.3 is 5.97 Å². The summed E-state index contributed by atoms with van der Waals surface area (Å²) in [5, 5.41) is 3.90. The fourth-order valence-corrected chi connectivity index (χ4v) is 6.61. The molecule has 0 radical (unpaired) electrons. The molecular weight excluding hydrogens is 564 g/mol. The van der Waals surface area contributed by atoms with Gasteiger partial charge in [-0.25, -0.2) is 4.79 Å². The Bertz CT molecular complexity index is 1860. The number of aromatic amines is 1. The number of ether oxygens (including phenoxy) is 4. The lowest BCUT2D eigenvalue weighted by molar-refractivity contribution is -0.136. The summed E-state index contributed by atoms with van der Waals surface area (Å²) >= 11 is 6.58. The largest absolute Gasteiger partial charge is 0.496 e. The number of fused-ring (bicyclic) bond motifs is 2. The van der Waals surface area contributed by atoms with Gasteiger partial charge in [0.25, 0.3) is 5.56 Å². The topological polar surface area (TPSA) is 133 Å². The molecule has 2 aliphatic heterocycles. The standard InChI is InChI=1S/C31H27ClN2O8/c1-13-10-18-23(27(35)31(13)28(36)24-19(39-3)12-20(40-4)25(32)26(24)42-31)22(21(14(2)33-18)30(38)41-5)16-11-15-8-6-7-9-17(15)34-29(16)37/h6-9,11-13,22,33H,10H2,1-5H3,(H,34,37)/t13-,22?,31+/m1/s1. The van der Waals surface area contributed by atoms with Gasteiger partial charge in [0, 0.05) is 40.0 Å². The van der Waals surface area contributed by atoms with E-state index in [4.69, 9.17) is 30.5 Å². The number of halogens is 1. The average Bonchev–Trinajstić information content (AvgIpc) is 3.29. The predicted molar refractivity (Wildman–Crippen MR) is 153 cm³/mol. The number of H-pyrrole nitrogens is 1. The lowest BCUT2D eigenvalue weighted by Crippen LogP contribution is -2.58. The van der Waals surface area contributed by atoms with Crippen molar-refractivity contribution < 1.29 is 33.3 Å². The number of esters is 1. The van der Waals surface area contributed by atoms with Gasteiger partial charge in [0.15, 0.2) is 5.75 Å². The first-order valence-corrected chi connectivity index (χ1v) is 13.6. The van der Waals surface area contributed by atoms with Gasteiger partial charge in [-0.15, -0.1) is 0 Å². The molecule has 2 aromatic carbocycles. The van der Waals surface area contributed by atoms with E-state index in [1.54, 1.807) is 32.0 Å². The van der Waals surface area contributed by atoms with Crippen molar-refractivity contribution in [1.82, 2.24) is 10.3 Å². The van der Waals surface area contributed by atoms with Crippen molar-refractivity contribution in [2.45, 2.75) is 31.8 Å². The zero-order chi connectivity index (χ0) is 30.1. The molecule has 3 aromatic rings. The minimum absolute atomic E-state index is 0.0218. The number of rotatable bonds is 4. The summed E-state index contributed by atoms with van der Waals surface area (Å²) in [5.41, 5.74) is -0.668. The quantitative estimate of drug-likeness (QED) is 0.339. The Morgan fingerprint density at radius 2 is 1.76 bits per heavy atom. The van der Waals surface area contributed by atoms with Gasteiger partial charge in [0.05, 0.1) is 32.8 Å². The molecule has 11 heteroatoms. The van der Waals surface area contributed by atoms with Crippen molar-refractivity contribution in [3.63, 3.8) is 0 Å². The molecule has 1 spiro atoms. The molecule has 42 heavy (non-hydrogen) atoms. The maximum absolute atomic E-state index is 14.8. The second-order valence-corrected chi connectivity index (χ2v) is 10.9. The maximum Gasteiger partial charge on any atom is 0.336 e. The minimum atomic E-state index is -2.03. The monoisotopic (exact) mass is 590 g/mol.